The fourth-order valence-corrected chi connectivity index (χ4v) is 3.50. The lowest BCUT2D eigenvalue weighted by molar-refractivity contribution is -0.112. The minimum absolute atomic E-state index is 0.0133. The average molecular weight is 453 g/mol. The maximum absolute atomic E-state index is 12.7. The molecule has 0 spiro atoms. The summed E-state index contributed by atoms with van der Waals surface area (Å²) in [5, 5.41) is 12.4. The highest BCUT2D eigenvalue weighted by Gasteiger charge is 2.15. The molecule has 0 aliphatic rings. The number of nitrogens with zero attached hydrogens (tertiary/aromatic N) is 1. The summed E-state index contributed by atoms with van der Waals surface area (Å²) >= 11 is 0. The molecule has 0 atom stereocenters. The van der Waals surface area contributed by atoms with Gasteiger partial charge in [-0.05, 0) is 61.7 Å². The van der Waals surface area contributed by atoms with Crippen LogP contribution in [0.2, 0.25) is 0 Å². The van der Waals surface area contributed by atoms with Crippen LogP contribution in [0.1, 0.15) is 27.8 Å². The number of methoxy groups -OCH3 is 1. The number of nitrogens with one attached hydrogen (secondary N) is 1. The van der Waals surface area contributed by atoms with Gasteiger partial charge in [0.05, 0.1) is 7.11 Å². The molecule has 3 aromatic rings. The summed E-state index contributed by atoms with van der Waals surface area (Å²) in [6.07, 6.45) is 3.86. The van der Waals surface area contributed by atoms with E-state index in [1.54, 1.807) is 37.5 Å². The minimum atomic E-state index is -0.477. The Morgan fingerprint density at radius 1 is 1.09 bits per heavy atom. The number of allylic oxidation sites excluding steroid dienone is 1. The van der Waals surface area contributed by atoms with Crippen molar-refractivity contribution < 1.29 is 14.3 Å². The Labute approximate surface area is 201 Å². The monoisotopic (exact) mass is 452 g/mol. The Morgan fingerprint density at radius 3 is 2.50 bits per heavy atom. The second-order valence-electron chi connectivity index (χ2n) is 7.97. The Hall–Kier alpha value is -4.30. The van der Waals surface area contributed by atoms with Crippen LogP contribution in [0.25, 0.3) is 6.08 Å². The third-order valence-corrected chi connectivity index (χ3v) is 5.19. The Morgan fingerprint density at radius 2 is 1.85 bits per heavy atom. The smallest absolute Gasteiger partial charge is 0.266 e. The van der Waals surface area contributed by atoms with Gasteiger partial charge in [0.2, 0.25) is 0 Å². The number of carbonyl (C=O) groups excluding carboxylic acids is 1. The first-order valence-electron chi connectivity index (χ1n) is 10.9. The van der Waals surface area contributed by atoms with Crippen molar-refractivity contribution in [3.05, 3.63) is 107 Å². The van der Waals surface area contributed by atoms with Crippen LogP contribution in [0.4, 0.5) is 5.69 Å². The largest absolute Gasteiger partial charge is 0.493 e. The van der Waals surface area contributed by atoms with Crippen molar-refractivity contribution >= 4 is 17.7 Å². The van der Waals surface area contributed by atoms with Crippen molar-refractivity contribution in [1.82, 2.24) is 0 Å². The summed E-state index contributed by atoms with van der Waals surface area (Å²) in [6.45, 7) is 8.24. The van der Waals surface area contributed by atoms with Crippen molar-refractivity contribution in [2.24, 2.45) is 0 Å². The maximum atomic E-state index is 12.7. The van der Waals surface area contributed by atoms with Gasteiger partial charge in [-0.1, -0.05) is 53.6 Å². The second kappa shape index (κ2) is 11.5. The van der Waals surface area contributed by atoms with Gasteiger partial charge >= 0.3 is 0 Å². The number of benzene rings is 3. The van der Waals surface area contributed by atoms with Gasteiger partial charge in [-0.15, -0.1) is 6.58 Å². The zero-order valence-corrected chi connectivity index (χ0v) is 19.7. The summed E-state index contributed by atoms with van der Waals surface area (Å²) in [5.74, 6) is 0.661. The van der Waals surface area contributed by atoms with Crippen LogP contribution in [0.5, 0.6) is 11.5 Å². The first-order chi connectivity index (χ1) is 16.4. The van der Waals surface area contributed by atoms with Crippen LogP contribution >= 0.6 is 0 Å². The van der Waals surface area contributed by atoms with Crippen molar-refractivity contribution in [2.45, 2.75) is 26.9 Å². The number of rotatable bonds is 9. The quantitative estimate of drug-likeness (QED) is 0.240. The molecule has 0 saturated carbocycles. The summed E-state index contributed by atoms with van der Waals surface area (Å²) < 4.78 is 11.7. The van der Waals surface area contributed by atoms with Crippen LogP contribution in [0.15, 0.2) is 78.9 Å². The number of nitriles is 1. The van der Waals surface area contributed by atoms with E-state index in [1.807, 2.05) is 56.3 Å². The molecule has 5 nitrogen and oxygen atoms in total. The van der Waals surface area contributed by atoms with E-state index in [9.17, 15) is 10.1 Å². The Kier molecular flexibility index (Phi) is 8.26. The van der Waals surface area contributed by atoms with Crippen LogP contribution in [0, 0.1) is 25.2 Å². The molecule has 0 unspecified atom stereocenters. The highest BCUT2D eigenvalue weighted by Crippen LogP contribution is 2.35. The lowest BCUT2D eigenvalue weighted by atomic mass is 10.0. The number of anilines is 1. The predicted molar refractivity (Wildman–Crippen MR) is 136 cm³/mol. The van der Waals surface area contributed by atoms with E-state index < -0.39 is 5.91 Å². The highest BCUT2D eigenvalue weighted by atomic mass is 16.5. The minimum Gasteiger partial charge on any atom is -0.493 e. The van der Waals surface area contributed by atoms with E-state index in [0.717, 1.165) is 22.3 Å². The Balaban J connectivity index is 1.89. The lowest BCUT2D eigenvalue weighted by Gasteiger charge is -2.16. The molecule has 5 heteroatoms. The summed E-state index contributed by atoms with van der Waals surface area (Å²) in [7, 11) is 1.56. The number of ether oxygens (including phenoxy) is 2. The number of aryl methyl sites for hydroxylation is 2. The number of carbonyl (C=O) groups is 1. The zero-order valence-electron chi connectivity index (χ0n) is 19.7. The summed E-state index contributed by atoms with van der Waals surface area (Å²) in [6, 6.07) is 21.1. The van der Waals surface area contributed by atoms with E-state index in [1.165, 1.54) is 0 Å². The van der Waals surface area contributed by atoms with Crippen LogP contribution in [-0.2, 0) is 17.8 Å². The molecular weight excluding hydrogens is 424 g/mol. The Bertz CT molecular complexity index is 1250. The maximum Gasteiger partial charge on any atom is 0.266 e. The third-order valence-electron chi connectivity index (χ3n) is 5.19. The van der Waals surface area contributed by atoms with Crippen molar-refractivity contribution in [3.8, 4) is 17.6 Å². The van der Waals surface area contributed by atoms with E-state index >= 15 is 0 Å². The molecule has 0 radical (unpaired) electrons. The first-order valence-corrected chi connectivity index (χ1v) is 10.9. The number of hydrogen-bond donors (Lipinski definition) is 1. The molecule has 0 aliphatic carbocycles. The SMILES string of the molecule is C=CCc1cc(/C=C(/C#N)C(=O)Nc2ccc(C)cc2)cc(OC)c1OCc1cccc(C)c1. The predicted octanol–water partition coefficient (Wildman–Crippen LogP) is 6.17. The third kappa shape index (κ3) is 6.36. The standard InChI is InChI=1S/C29H28N2O3/c1-5-7-24-15-23(16-25(18-30)29(32)31-26-12-10-20(2)11-13-26)17-27(33-4)28(24)34-19-22-9-6-8-21(3)14-22/h5-6,8-17H,1,7,19H2,2-4H3,(H,31,32)/b25-16-. The topological polar surface area (TPSA) is 71.4 Å². The molecule has 0 heterocycles. The molecular formula is C29H28N2O3. The fourth-order valence-electron chi connectivity index (χ4n) is 3.50. The van der Waals surface area contributed by atoms with Crippen molar-refractivity contribution in [2.75, 3.05) is 12.4 Å². The molecule has 0 aromatic heterocycles. The normalized spacial score (nSPS) is 10.8. The fraction of sp³-hybridized carbons (Fsp3) is 0.172. The van der Waals surface area contributed by atoms with Crippen LogP contribution in [-0.4, -0.2) is 13.0 Å². The van der Waals surface area contributed by atoms with Crippen molar-refractivity contribution in [3.63, 3.8) is 0 Å². The lowest BCUT2D eigenvalue weighted by Crippen LogP contribution is -2.13. The van der Waals surface area contributed by atoms with Crippen LogP contribution in [0.3, 0.4) is 0 Å². The van der Waals surface area contributed by atoms with Gasteiger partial charge in [-0.25, -0.2) is 0 Å². The van der Waals surface area contributed by atoms with Gasteiger partial charge in [0.15, 0.2) is 11.5 Å². The molecule has 1 amide bonds. The number of hydrogen-bond acceptors (Lipinski definition) is 4. The molecule has 34 heavy (non-hydrogen) atoms. The zero-order chi connectivity index (χ0) is 24.5. The van der Waals surface area contributed by atoms with Gasteiger partial charge in [0.1, 0.15) is 18.2 Å². The van der Waals surface area contributed by atoms with Gasteiger partial charge in [-0.2, -0.15) is 5.26 Å². The summed E-state index contributed by atoms with van der Waals surface area (Å²) in [5.41, 5.74) is 5.42. The first kappa shape index (κ1) is 24.3. The van der Waals surface area contributed by atoms with Gasteiger partial charge in [-0.3, -0.25) is 4.79 Å². The molecule has 0 aliphatic heterocycles. The molecule has 0 saturated heterocycles. The second-order valence-corrected chi connectivity index (χ2v) is 7.97. The molecule has 1 N–H and O–H groups in total. The molecule has 0 fully saturated rings. The van der Waals surface area contributed by atoms with E-state index in [4.69, 9.17) is 9.47 Å². The van der Waals surface area contributed by atoms with Crippen molar-refractivity contribution in [1.29, 1.82) is 5.26 Å². The highest BCUT2D eigenvalue weighted by molar-refractivity contribution is 6.09. The van der Waals surface area contributed by atoms with Crippen LogP contribution < -0.4 is 14.8 Å². The van der Waals surface area contributed by atoms with Gasteiger partial charge in [0, 0.05) is 11.3 Å². The van der Waals surface area contributed by atoms with E-state index in [-0.39, 0.29) is 5.57 Å². The van der Waals surface area contributed by atoms with Gasteiger partial charge < -0.3 is 14.8 Å². The van der Waals surface area contributed by atoms with E-state index in [2.05, 4.69) is 18.0 Å². The molecule has 3 rings (SSSR count). The molecule has 172 valence electrons. The average Bonchev–Trinajstić information content (AvgIpc) is 2.83. The van der Waals surface area contributed by atoms with Gasteiger partial charge in [0.25, 0.3) is 5.91 Å². The molecule has 0 bridgehead atoms. The number of amides is 1. The summed E-state index contributed by atoms with van der Waals surface area (Å²) in [4.78, 5) is 12.7. The molecule has 3 aromatic carbocycles. The van der Waals surface area contributed by atoms with E-state index in [0.29, 0.717) is 35.8 Å².